The van der Waals surface area contributed by atoms with Crippen molar-refractivity contribution < 1.29 is 14.3 Å². The van der Waals surface area contributed by atoms with Crippen LogP contribution in [0.4, 0.5) is 5.13 Å². The van der Waals surface area contributed by atoms with Gasteiger partial charge in [-0.15, -0.1) is 12.4 Å². The normalized spacial score (nSPS) is 12.3. The lowest BCUT2D eigenvalue weighted by molar-refractivity contribution is 0.0983. The number of halogens is 1. The Kier molecular flexibility index (Phi) is 7.18. The van der Waals surface area contributed by atoms with Crippen LogP contribution in [-0.2, 0) is 0 Å². The first-order valence-corrected chi connectivity index (χ1v) is 10.7. The van der Waals surface area contributed by atoms with E-state index in [2.05, 4.69) is 18.7 Å². The van der Waals surface area contributed by atoms with Crippen LogP contribution in [0.1, 0.15) is 29.8 Å². The van der Waals surface area contributed by atoms with E-state index in [9.17, 15) is 4.79 Å². The molecule has 4 rings (SSSR count). The van der Waals surface area contributed by atoms with Crippen LogP contribution in [0.2, 0.25) is 0 Å². The van der Waals surface area contributed by atoms with Crippen LogP contribution in [0.3, 0.4) is 0 Å². The molecule has 2 aromatic carbocycles. The molecule has 1 aliphatic rings. The van der Waals surface area contributed by atoms with Gasteiger partial charge in [0.05, 0.1) is 10.2 Å². The van der Waals surface area contributed by atoms with Gasteiger partial charge in [0.2, 0.25) is 6.79 Å². The molecular weight excluding hydrogens is 422 g/mol. The molecule has 0 unspecified atom stereocenters. The van der Waals surface area contributed by atoms with Gasteiger partial charge in [0.1, 0.15) is 0 Å². The smallest absolute Gasteiger partial charge is 0.260 e. The fourth-order valence-electron chi connectivity index (χ4n) is 3.42. The Morgan fingerprint density at radius 1 is 1.10 bits per heavy atom. The topological polar surface area (TPSA) is 54.9 Å². The summed E-state index contributed by atoms with van der Waals surface area (Å²) in [5, 5.41) is 0.697. The third-order valence-electron chi connectivity index (χ3n) is 5.15. The minimum Gasteiger partial charge on any atom is -0.454 e. The molecule has 6 nitrogen and oxygen atoms in total. The van der Waals surface area contributed by atoms with Gasteiger partial charge in [-0.05, 0) is 32.1 Å². The van der Waals surface area contributed by atoms with Crippen LogP contribution in [0.5, 0.6) is 11.5 Å². The van der Waals surface area contributed by atoms with E-state index < -0.39 is 0 Å². The van der Waals surface area contributed by atoms with E-state index in [1.807, 2.05) is 43.3 Å². The van der Waals surface area contributed by atoms with E-state index >= 15 is 0 Å². The number of benzene rings is 2. The van der Waals surface area contributed by atoms with Crippen LogP contribution in [0.15, 0.2) is 36.4 Å². The molecule has 0 N–H and O–H groups in total. The summed E-state index contributed by atoms with van der Waals surface area (Å²) in [6.07, 6.45) is 0. The van der Waals surface area contributed by atoms with Crippen LogP contribution in [0, 0.1) is 6.92 Å². The van der Waals surface area contributed by atoms with Gasteiger partial charge in [0.15, 0.2) is 16.6 Å². The zero-order chi connectivity index (χ0) is 20.4. The number of carbonyl (C=O) groups excluding carboxylic acids is 1. The first-order chi connectivity index (χ1) is 14.1. The third-order valence-corrected chi connectivity index (χ3v) is 6.19. The molecule has 0 saturated heterocycles. The summed E-state index contributed by atoms with van der Waals surface area (Å²) >= 11 is 1.51. The van der Waals surface area contributed by atoms with Crippen LogP contribution < -0.4 is 14.4 Å². The van der Waals surface area contributed by atoms with Gasteiger partial charge in [-0.1, -0.05) is 42.9 Å². The number of hydrogen-bond donors (Lipinski definition) is 0. The van der Waals surface area contributed by atoms with Crippen molar-refractivity contribution >= 4 is 45.0 Å². The maximum absolute atomic E-state index is 13.4. The second-order valence-electron chi connectivity index (χ2n) is 7.02. The van der Waals surface area contributed by atoms with E-state index in [0.29, 0.717) is 23.0 Å². The van der Waals surface area contributed by atoms with Crippen molar-refractivity contribution in [1.82, 2.24) is 9.88 Å². The van der Waals surface area contributed by atoms with Crippen molar-refractivity contribution in [1.29, 1.82) is 0 Å². The standard InChI is InChI=1S/C22H25N3O3S.ClH/c1-4-24(5-2)9-10-25(21(26)16-8-6-7-15(3)11-16)22-23-17-12-18-19(28-14-27-18)13-20(17)29-22;/h6-8,11-13H,4-5,9-10,14H2,1-3H3;1H. The summed E-state index contributed by atoms with van der Waals surface area (Å²) in [4.78, 5) is 22.2. The van der Waals surface area contributed by atoms with Crippen LogP contribution in [-0.4, -0.2) is 48.8 Å². The largest absolute Gasteiger partial charge is 0.454 e. The number of nitrogens with zero attached hydrogens (tertiary/aromatic N) is 3. The number of anilines is 1. The van der Waals surface area contributed by atoms with E-state index in [0.717, 1.165) is 41.2 Å². The van der Waals surface area contributed by atoms with E-state index in [-0.39, 0.29) is 25.1 Å². The van der Waals surface area contributed by atoms with E-state index in [1.54, 1.807) is 4.90 Å². The molecule has 160 valence electrons. The number of carbonyl (C=O) groups is 1. The molecule has 1 amide bonds. The zero-order valence-electron chi connectivity index (χ0n) is 17.4. The average molecular weight is 448 g/mol. The molecule has 0 atom stereocenters. The first kappa shape index (κ1) is 22.3. The molecule has 0 spiro atoms. The molecular formula is C22H26ClN3O3S. The van der Waals surface area contributed by atoms with Crippen LogP contribution >= 0.6 is 23.7 Å². The number of fused-ring (bicyclic) bond motifs is 2. The first-order valence-electron chi connectivity index (χ1n) is 9.90. The summed E-state index contributed by atoms with van der Waals surface area (Å²) < 4.78 is 11.9. The summed E-state index contributed by atoms with van der Waals surface area (Å²) in [7, 11) is 0. The van der Waals surface area contributed by atoms with E-state index in [4.69, 9.17) is 14.5 Å². The highest BCUT2D eigenvalue weighted by molar-refractivity contribution is 7.22. The molecule has 3 aromatic rings. The SMILES string of the molecule is CCN(CC)CCN(C(=O)c1cccc(C)c1)c1nc2cc3c(cc2s1)OCO3.Cl. The second-order valence-corrected chi connectivity index (χ2v) is 8.03. The minimum absolute atomic E-state index is 0. The van der Waals surface area contributed by atoms with Crippen molar-refractivity contribution in [2.75, 3.05) is 37.9 Å². The van der Waals surface area contributed by atoms with Crippen molar-refractivity contribution in [3.05, 3.63) is 47.5 Å². The quantitative estimate of drug-likeness (QED) is 0.523. The lowest BCUT2D eigenvalue weighted by atomic mass is 10.1. The predicted octanol–water partition coefficient (Wildman–Crippen LogP) is 4.74. The maximum Gasteiger partial charge on any atom is 0.260 e. The van der Waals surface area contributed by atoms with Gasteiger partial charge in [0.25, 0.3) is 5.91 Å². The fraction of sp³-hybridized carbons (Fsp3) is 0.364. The molecule has 0 aliphatic carbocycles. The molecule has 30 heavy (non-hydrogen) atoms. The molecule has 0 saturated carbocycles. The van der Waals surface area contributed by atoms with E-state index in [1.165, 1.54) is 11.3 Å². The Bertz CT molecular complexity index is 995. The highest BCUT2D eigenvalue weighted by Crippen LogP contribution is 2.40. The van der Waals surface area contributed by atoms with Gasteiger partial charge in [0, 0.05) is 30.8 Å². The Labute approximate surface area is 186 Å². The highest BCUT2D eigenvalue weighted by atomic mass is 35.5. The number of amides is 1. The number of likely N-dealkylation sites (N-methyl/N-ethyl adjacent to an activating group) is 1. The summed E-state index contributed by atoms with van der Waals surface area (Å²) in [5.74, 6) is 1.40. The second kappa shape index (κ2) is 9.64. The maximum atomic E-state index is 13.4. The van der Waals surface area contributed by atoms with Crippen molar-refractivity contribution in [2.24, 2.45) is 0 Å². The van der Waals surface area contributed by atoms with Gasteiger partial charge >= 0.3 is 0 Å². The fourth-order valence-corrected chi connectivity index (χ4v) is 4.42. The van der Waals surface area contributed by atoms with Gasteiger partial charge in [-0.25, -0.2) is 4.98 Å². The monoisotopic (exact) mass is 447 g/mol. The average Bonchev–Trinajstić information content (AvgIpc) is 3.34. The lowest BCUT2D eigenvalue weighted by Crippen LogP contribution is -2.38. The van der Waals surface area contributed by atoms with Gasteiger partial charge in [-0.2, -0.15) is 0 Å². The number of hydrogen-bond acceptors (Lipinski definition) is 6. The Balaban J connectivity index is 0.00000256. The lowest BCUT2D eigenvalue weighted by Gasteiger charge is -2.24. The van der Waals surface area contributed by atoms with Crippen molar-refractivity contribution in [3.63, 3.8) is 0 Å². The van der Waals surface area contributed by atoms with Gasteiger partial charge < -0.3 is 14.4 Å². The minimum atomic E-state index is -0.0278. The molecule has 2 heterocycles. The number of rotatable bonds is 7. The Morgan fingerprint density at radius 3 is 2.53 bits per heavy atom. The molecule has 1 aromatic heterocycles. The molecule has 0 bridgehead atoms. The third kappa shape index (κ3) is 4.53. The van der Waals surface area contributed by atoms with Gasteiger partial charge in [-0.3, -0.25) is 9.69 Å². The Hall–Kier alpha value is -2.35. The number of thiazole rings is 1. The Morgan fingerprint density at radius 2 is 1.83 bits per heavy atom. The molecule has 0 fully saturated rings. The highest BCUT2D eigenvalue weighted by Gasteiger charge is 2.23. The summed E-state index contributed by atoms with van der Waals surface area (Å²) in [5.41, 5.74) is 2.56. The van der Waals surface area contributed by atoms with Crippen molar-refractivity contribution in [2.45, 2.75) is 20.8 Å². The molecule has 0 radical (unpaired) electrons. The molecule has 1 aliphatic heterocycles. The summed E-state index contributed by atoms with van der Waals surface area (Å²) in [6.45, 7) is 9.78. The summed E-state index contributed by atoms with van der Waals surface area (Å²) in [6, 6.07) is 11.5. The molecule has 8 heteroatoms. The number of ether oxygens (including phenoxy) is 2. The zero-order valence-corrected chi connectivity index (χ0v) is 19.0. The number of aromatic nitrogens is 1. The predicted molar refractivity (Wildman–Crippen MR) is 124 cm³/mol. The van der Waals surface area contributed by atoms with Crippen LogP contribution in [0.25, 0.3) is 10.2 Å². The van der Waals surface area contributed by atoms with Crippen molar-refractivity contribution in [3.8, 4) is 11.5 Å². The number of aryl methyl sites for hydroxylation is 1.